The third-order valence-corrected chi connectivity index (χ3v) is 4.86. The van der Waals surface area contributed by atoms with E-state index in [0.717, 1.165) is 38.5 Å². The molecule has 4 heteroatoms. The van der Waals surface area contributed by atoms with Crippen molar-refractivity contribution in [2.75, 3.05) is 0 Å². The predicted octanol–water partition coefficient (Wildman–Crippen LogP) is 6.97. The van der Waals surface area contributed by atoms with E-state index in [1.165, 1.54) is 7.16 Å². The second-order valence-electron chi connectivity index (χ2n) is 5.13. The number of allylic oxidation sites excluding steroid dienone is 8. The largest absolute Gasteiger partial charge is 0.481 e. The Labute approximate surface area is 173 Å². The van der Waals surface area contributed by atoms with Crippen LogP contribution >= 0.6 is 45.2 Å². The molecule has 0 aromatic heterocycles. The van der Waals surface area contributed by atoms with Gasteiger partial charge >= 0.3 is 5.97 Å². The van der Waals surface area contributed by atoms with Gasteiger partial charge < -0.3 is 5.11 Å². The first-order valence-electron chi connectivity index (χ1n) is 8.19. The van der Waals surface area contributed by atoms with Crippen molar-refractivity contribution >= 4 is 51.2 Å². The van der Waals surface area contributed by atoms with Gasteiger partial charge in [0, 0.05) is 19.3 Å². The summed E-state index contributed by atoms with van der Waals surface area (Å²) in [5.41, 5.74) is 0. The van der Waals surface area contributed by atoms with Crippen LogP contribution in [0.2, 0.25) is 0 Å². The Balaban J connectivity index is 3.83. The van der Waals surface area contributed by atoms with Gasteiger partial charge in [0.1, 0.15) is 0 Å². The topological polar surface area (TPSA) is 37.3 Å². The molecule has 1 N–H and O–H groups in total. The molecule has 0 radical (unpaired) electrons. The van der Waals surface area contributed by atoms with Crippen LogP contribution in [0.5, 0.6) is 0 Å². The molecule has 0 atom stereocenters. The molecule has 0 fully saturated rings. The van der Waals surface area contributed by atoms with Crippen LogP contribution in [-0.4, -0.2) is 11.1 Å². The van der Waals surface area contributed by atoms with Gasteiger partial charge in [-0.15, -0.1) is 0 Å². The lowest BCUT2D eigenvalue weighted by molar-refractivity contribution is -0.137. The van der Waals surface area contributed by atoms with E-state index < -0.39 is 5.97 Å². The average Bonchev–Trinajstić information content (AvgIpc) is 2.54. The smallest absolute Gasteiger partial charge is 0.303 e. The third-order valence-electron chi connectivity index (χ3n) is 3.00. The van der Waals surface area contributed by atoms with Crippen molar-refractivity contribution in [3.63, 3.8) is 0 Å². The number of carboxylic acid groups (broad SMARTS) is 1. The molecule has 0 saturated carbocycles. The second kappa shape index (κ2) is 17.3. The molecule has 0 aliphatic rings. The van der Waals surface area contributed by atoms with Crippen molar-refractivity contribution in [2.24, 2.45) is 0 Å². The lowest BCUT2D eigenvalue weighted by Crippen LogP contribution is -1.92. The number of halogens is 2. The molecule has 0 spiro atoms. The maximum Gasteiger partial charge on any atom is 0.303 e. The number of hydrogen-bond acceptors (Lipinski definition) is 1. The highest BCUT2D eigenvalue weighted by Crippen LogP contribution is 2.15. The summed E-state index contributed by atoms with van der Waals surface area (Å²) in [6.07, 6.45) is 19.3. The molecule has 0 aromatic carbocycles. The molecule has 0 saturated heterocycles. The highest BCUT2D eigenvalue weighted by Gasteiger charge is 1.95. The van der Waals surface area contributed by atoms with E-state index in [4.69, 9.17) is 5.11 Å². The van der Waals surface area contributed by atoms with Crippen LogP contribution in [0.4, 0.5) is 0 Å². The van der Waals surface area contributed by atoms with Gasteiger partial charge in [-0.1, -0.05) is 48.3 Å². The van der Waals surface area contributed by atoms with Crippen molar-refractivity contribution in [1.29, 1.82) is 0 Å². The molecule has 2 nitrogen and oxygen atoms in total. The van der Waals surface area contributed by atoms with Crippen LogP contribution in [0.1, 0.15) is 58.3 Å². The minimum absolute atomic E-state index is 0.245. The molecule has 132 valence electrons. The quantitative estimate of drug-likeness (QED) is 0.130. The number of aliphatic carboxylic acids is 1. The van der Waals surface area contributed by atoms with E-state index in [1.54, 1.807) is 0 Å². The van der Waals surface area contributed by atoms with Crippen LogP contribution < -0.4 is 0 Å². The normalized spacial score (nSPS) is 12.6. The van der Waals surface area contributed by atoms with Crippen molar-refractivity contribution in [2.45, 2.75) is 58.3 Å². The monoisotopic (exact) mass is 552 g/mol. The van der Waals surface area contributed by atoms with E-state index in [0.29, 0.717) is 6.42 Å². The van der Waals surface area contributed by atoms with Crippen LogP contribution in [0, 0.1) is 11.8 Å². The van der Waals surface area contributed by atoms with Crippen LogP contribution in [0.25, 0.3) is 0 Å². The maximum atomic E-state index is 10.4. The first-order chi connectivity index (χ1) is 11.6. The van der Waals surface area contributed by atoms with Crippen LogP contribution in [-0.2, 0) is 4.79 Å². The molecule has 0 heterocycles. The van der Waals surface area contributed by atoms with Crippen LogP contribution in [0.15, 0.2) is 43.6 Å². The highest BCUT2D eigenvalue weighted by molar-refractivity contribution is 14.1. The fourth-order valence-electron chi connectivity index (χ4n) is 1.73. The summed E-state index contributed by atoms with van der Waals surface area (Å²) in [4.78, 5) is 10.4. The Bertz CT molecular complexity index is 532. The molecular formula is C20H26I2O2. The Morgan fingerprint density at radius 3 is 2.42 bits per heavy atom. The average molecular weight is 552 g/mol. The van der Waals surface area contributed by atoms with Gasteiger partial charge in [-0.3, -0.25) is 4.79 Å². The summed E-state index contributed by atoms with van der Waals surface area (Å²) in [5.74, 6) is 5.61. The molecule has 0 bridgehead atoms. The molecule has 0 aromatic rings. The first-order valence-corrected chi connectivity index (χ1v) is 10.3. The second-order valence-corrected chi connectivity index (χ2v) is 7.90. The Hall–Kier alpha value is -0.550. The van der Waals surface area contributed by atoms with Gasteiger partial charge in [-0.2, -0.15) is 0 Å². The minimum Gasteiger partial charge on any atom is -0.481 e. The number of carbonyl (C=O) groups is 1. The SMILES string of the molecule is C/C=C/CC/C(I)=C/CC#CC/C=C\C/C(I)=C/CCCC(=O)O. The van der Waals surface area contributed by atoms with Gasteiger partial charge in [0.05, 0.1) is 0 Å². The zero-order valence-electron chi connectivity index (χ0n) is 14.2. The number of unbranched alkanes of at least 4 members (excludes halogenated alkanes) is 1. The van der Waals surface area contributed by atoms with E-state index >= 15 is 0 Å². The zero-order chi connectivity index (χ0) is 18.0. The number of hydrogen-bond donors (Lipinski definition) is 1. The van der Waals surface area contributed by atoms with E-state index in [1.807, 2.05) is 6.92 Å². The van der Waals surface area contributed by atoms with Crippen LogP contribution in [0.3, 0.4) is 0 Å². The van der Waals surface area contributed by atoms with Crippen molar-refractivity contribution in [3.8, 4) is 11.8 Å². The first kappa shape index (κ1) is 23.4. The predicted molar refractivity (Wildman–Crippen MR) is 121 cm³/mol. The molecule has 0 unspecified atom stereocenters. The van der Waals surface area contributed by atoms with Crippen molar-refractivity contribution in [3.05, 3.63) is 43.6 Å². The molecular weight excluding hydrogens is 526 g/mol. The molecule has 0 amide bonds. The summed E-state index contributed by atoms with van der Waals surface area (Å²) >= 11 is 4.69. The molecule has 24 heavy (non-hydrogen) atoms. The van der Waals surface area contributed by atoms with E-state index in [-0.39, 0.29) is 6.42 Å². The lowest BCUT2D eigenvalue weighted by atomic mass is 10.2. The van der Waals surface area contributed by atoms with Crippen molar-refractivity contribution < 1.29 is 9.90 Å². The summed E-state index contributed by atoms with van der Waals surface area (Å²) in [6, 6.07) is 0. The summed E-state index contributed by atoms with van der Waals surface area (Å²) in [7, 11) is 0. The maximum absolute atomic E-state index is 10.4. The minimum atomic E-state index is -0.723. The number of carboxylic acids is 1. The fraction of sp³-hybridized carbons (Fsp3) is 0.450. The Morgan fingerprint density at radius 2 is 1.71 bits per heavy atom. The summed E-state index contributed by atoms with van der Waals surface area (Å²) in [5, 5.41) is 8.57. The van der Waals surface area contributed by atoms with E-state index in [9.17, 15) is 4.79 Å². The Kier molecular flexibility index (Phi) is 16.9. The van der Waals surface area contributed by atoms with Gasteiger partial charge in [0.2, 0.25) is 0 Å². The van der Waals surface area contributed by atoms with Gasteiger partial charge in [-0.05, 0) is 91.4 Å². The van der Waals surface area contributed by atoms with Gasteiger partial charge in [0.25, 0.3) is 0 Å². The van der Waals surface area contributed by atoms with Gasteiger partial charge in [0.15, 0.2) is 0 Å². The summed E-state index contributed by atoms with van der Waals surface area (Å²) < 4.78 is 2.62. The van der Waals surface area contributed by atoms with Crippen molar-refractivity contribution in [1.82, 2.24) is 0 Å². The van der Waals surface area contributed by atoms with E-state index in [2.05, 4.69) is 93.5 Å². The molecule has 0 aliphatic heterocycles. The number of rotatable bonds is 11. The highest BCUT2D eigenvalue weighted by atomic mass is 127. The standard InChI is InChI=1S/C20H26I2O2/c1-2-3-8-13-18(21)14-9-6-4-5-7-10-15-19(22)16-11-12-17-20(23)24/h2-3,7,10,14,16H,5,8-9,11-13,15,17H2,1H3,(H,23,24)/b3-2+,10-7-,18-14-,19-16-. The fourth-order valence-corrected chi connectivity index (χ4v) is 2.83. The molecule has 0 aliphatic carbocycles. The van der Waals surface area contributed by atoms with Gasteiger partial charge in [-0.25, -0.2) is 0 Å². The third kappa shape index (κ3) is 17.8. The zero-order valence-corrected chi connectivity index (χ0v) is 18.5. The summed E-state index contributed by atoms with van der Waals surface area (Å²) in [6.45, 7) is 2.05. The molecule has 0 rings (SSSR count). The lowest BCUT2D eigenvalue weighted by Gasteiger charge is -1.94. The Morgan fingerprint density at radius 1 is 0.958 bits per heavy atom.